The molecule has 0 saturated heterocycles. The third-order valence-electron chi connectivity index (χ3n) is 3.07. The Morgan fingerprint density at radius 1 is 1.40 bits per heavy atom. The molecule has 0 heterocycles. The number of aliphatic hydroxyl groups is 1. The Bertz CT molecular complexity index is 212. The Kier molecular flexibility index (Phi) is 3.69. The Labute approximate surface area is 88.7 Å². The highest BCUT2D eigenvalue weighted by Gasteiger charge is 2.46. The third-order valence-corrected chi connectivity index (χ3v) is 3.07. The Balaban J connectivity index is 2.62. The topological polar surface area (TPSA) is 20.2 Å². The molecule has 0 spiro atoms. The van der Waals surface area contributed by atoms with Crippen LogP contribution in [0.2, 0.25) is 0 Å². The van der Waals surface area contributed by atoms with Crippen molar-refractivity contribution in [2.24, 2.45) is 11.8 Å². The molecule has 2 atom stereocenters. The number of rotatable bonds is 2. The molecule has 1 saturated carbocycles. The fourth-order valence-corrected chi connectivity index (χ4v) is 2.57. The van der Waals surface area contributed by atoms with Gasteiger partial charge in [0.15, 0.2) is 0 Å². The van der Waals surface area contributed by atoms with Crippen molar-refractivity contribution in [3.63, 3.8) is 0 Å². The molecule has 90 valence electrons. The van der Waals surface area contributed by atoms with E-state index in [9.17, 15) is 18.3 Å². The van der Waals surface area contributed by atoms with E-state index in [1.54, 1.807) is 0 Å². The standard InChI is InChI=1S/C11H19F3O/c1-8(2)6-10(15)5-3-4-9(7-10)11(12,13)14/h8-9,15H,3-7H2,1-2H3/t9-,10+/m0/s1. The molecule has 15 heavy (non-hydrogen) atoms. The molecule has 0 aromatic carbocycles. The van der Waals surface area contributed by atoms with Crippen molar-refractivity contribution in [1.29, 1.82) is 0 Å². The Morgan fingerprint density at radius 3 is 2.47 bits per heavy atom. The number of hydrogen-bond donors (Lipinski definition) is 1. The minimum atomic E-state index is -4.15. The smallest absolute Gasteiger partial charge is 0.390 e. The summed E-state index contributed by atoms with van der Waals surface area (Å²) in [5.74, 6) is -1.07. The summed E-state index contributed by atoms with van der Waals surface area (Å²) in [7, 11) is 0. The van der Waals surface area contributed by atoms with Gasteiger partial charge >= 0.3 is 6.18 Å². The molecular weight excluding hydrogens is 205 g/mol. The van der Waals surface area contributed by atoms with Crippen molar-refractivity contribution in [2.75, 3.05) is 0 Å². The molecule has 1 aliphatic carbocycles. The van der Waals surface area contributed by atoms with Gasteiger partial charge in [-0.3, -0.25) is 0 Å². The van der Waals surface area contributed by atoms with Crippen LogP contribution in [0.15, 0.2) is 0 Å². The number of alkyl halides is 3. The van der Waals surface area contributed by atoms with Gasteiger partial charge in [0.25, 0.3) is 0 Å². The zero-order valence-corrected chi connectivity index (χ0v) is 9.27. The summed E-state index contributed by atoms with van der Waals surface area (Å²) in [6.45, 7) is 3.85. The SMILES string of the molecule is CC(C)C[C@]1(O)CCC[C@H](C(F)(F)F)C1. The van der Waals surface area contributed by atoms with E-state index in [0.717, 1.165) is 0 Å². The van der Waals surface area contributed by atoms with Gasteiger partial charge in [-0.15, -0.1) is 0 Å². The molecule has 4 heteroatoms. The maximum absolute atomic E-state index is 12.5. The quantitative estimate of drug-likeness (QED) is 0.761. The van der Waals surface area contributed by atoms with Gasteiger partial charge in [-0.25, -0.2) is 0 Å². The average molecular weight is 224 g/mol. The van der Waals surface area contributed by atoms with Crippen LogP contribution in [-0.4, -0.2) is 16.9 Å². The predicted octanol–water partition coefficient (Wildman–Crippen LogP) is 3.52. The van der Waals surface area contributed by atoms with Gasteiger partial charge in [0.2, 0.25) is 0 Å². The minimum absolute atomic E-state index is 0.116. The molecule has 1 aliphatic rings. The van der Waals surface area contributed by atoms with E-state index in [1.165, 1.54) is 0 Å². The molecule has 0 aliphatic heterocycles. The van der Waals surface area contributed by atoms with E-state index in [1.807, 2.05) is 13.8 Å². The van der Waals surface area contributed by atoms with Crippen molar-refractivity contribution < 1.29 is 18.3 Å². The molecule has 0 bridgehead atoms. The fraction of sp³-hybridized carbons (Fsp3) is 1.00. The van der Waals surface area contributed by atoms with Gasteiger partial charge < -0.3 is 5.11 Å². The van der Waals surface area contributed by atoms with Gasteiger partial charge in [-0.2, -0.15) is 13.2 Å². The Morgan fingerprint density at radius 2 is 2.00 bits per heavy atom. The second-order valence-electron chi connectivity index (χ2n) is 5.16. The summed E-state index contributed by atoms with van der Waals surface area (Å²) >= 11 is 0. The molecule has 0 aromatic rings. The van der Waals surface area contributed by atoms with Crippen LogP contribution in [0.4, 0.5) is 13.2 Å². The summed E-state index contributed by atoms with van der Waals surface area (Å²) in [5.41, 5.74) is -1.09. The molecule has 1 rings (SSSR count). The normalized spacial score (nSPS) is 33.4. The van der Waals surface area contributed by atoms with Crippen LogP contribution in [0, 0.1) is 11.8 Å². The van der Waals surface area contributed by atoms with Crippen molar-refractivity contribution in [3.8, 4) is 0 Å². The number of halogens is 3. The molecular formula is C11H19F3O. The van der Waals surface area contributed by atoms with Crippen LogP contribution in [0.3, 0.4) is 0 Å². The molecule has 0 radical (unpaired) electrons. The van der Waals surface area contributed by atoms with Crippen LogP contribution < -0.4 is 0 Å². The molecule has 0 aromatic heterocycles. The maximum Gasteiger partial charge on any atom is 0.391 e. The highest BCUT2D eigenvalue weighted by atomic mass is 19.4. The molecule has 1 fully saturated rings. The lowest BCUT2D eigenvalue weighted by molar-refractivity contribution is -0.202. The van der Waals surface area contributed by atoms with Crippen LogP contribution in [-0.2, 0) is 0 Å². The van der Waals surface area contributed by atoms with Crippen molar-refractivity contribution in [3.05, 3.63) is 0 Å². The molecule has 1 N–H and O–H groups in total. The van der Waals surface area contributed by atoms with Crippen LogP contribution in [0.1, 0.15) is 46.0 Å². The van der Waals surface area contributed by atoms with E-state index in [-0.39, 0.29) is 18.8 Å². The fourth-order valence-electron chi connectivity index (χ4n) is 2.57. The van der Waals surface area contributed by atoms with E-state index in [4.69, 9.17) is 0 Å². The minimum Gasteiger partial charge on any atom is -0.390 e. The molecule has 0 amide bonds. The zero-order chi connectivity index (χ0) is 11.7. The maximum atomic E-state index is 12.5. The second-order valence-corrected chi connectivity index (χ2v) is 5.16. The van der Waals surface area contributed by atoms with Gasteiger partial charge in [0.1, 0.15) is 0 Å². The third kappa shape index (κ3) is 3.67. The van der Waals surface area contributed by atoms with Crippen molar-refractivity contribution >= 4 is 0 Å². The second kappa shape index (κ2) is 4.32. The Hall–Kier alpha value is -0.250. The van der Waals surface area contributed by atoms with E-state index in [2.05, 4.69) is 0 Å². The lowest BCUT2D eigenvalue weighted by Gasteiger charge is -2.38. The highest BCUT2D eigenvalue weighted by molar-refractivity contribution is 4.89. The summed E-state index contributed by atoms with van der Waals surface area (Å²) in [6.07, 6.45) is -2.63. The summed E-state index contributed by atoms with van der Waals surface area (Å²) in [4.78, 5) is 0. The zero-order valence-electron chi connectivity index (χ0n) is 9.27. The van der Waals surface area contributed by atoms with Crippen LogP contribution in [0.5, 0.6) is 0 Å². The van der Waals surface area contributed by atoms with Gasteiger partial charge in [-0.1, -0.05) is 13.8 Å². The first-order valence-electron chi connectivity index (χ1n) is 5.52. The van der Waals surface area contributed by atoms with Crippen molar-refractivity contribution in [1.82, 2.24) is 0 Å². The van der Waals surface area contributed by atoms with E-state index in [0.29, 0.717) is 19.3 Å². The van der Waals surface area contributed by atoms with E-state index < -0.39 is 17.7 Å². The monoisotopic (exact) mass is 224 g/mol. The summed E-state index contributed by atoms with van der Waals surface area (Å²) in [5, 5.41) is 10.1. The lowest BCUT2D eigenvalue weighted by atomic mass is 9.74. The first kappa shape index (κ1) is 12.8. The first-order chi connectivity index (χ1) is 6.73. The average Bonchev–Trinajstić information content (AvgIpc) is 1.99. The number of hydrogen-bond acceptors (Lipinski definition) is 1. The van der Waals surface area contributed by atoms with E-state index >= 15 is 0 Å². The lowest BCUT2D eigenvalue weighted by Crippen LogP contribution is -2.41. The molecule has 1 nitrogen and oxygen atoms in total. The van der Waals surface area contributed by atoms with Crippen LogP contribution in [0.25, 0.3) is 0 Å². The summed E-state index contributed by atoms with van der Waals surface area (Å²) in [6, 6.07) is 0. The largest absolute Gasteiger partial charge is 0.391 e. The predicted molar refractivity (Wildman–Crippen MR) is 52.4 cm³/mol. The molecule has 0 unspecified atom stereocenters. The van der Waals surface area contributed by atoms with Crippen molar-refractivity contribution in [2.45, 2.75) is 57.7 Å². The van der Waals surface area contributed by atoms with Gasteiger partial charge in [0, 0.05) is 0 Å². The van der Waals surface area contributed by atoms with Gasteiger partial charge in [0.05, 0.1) is 11.5 Å². The van der Waals surface area contributed by atoms with Gasteiger partial charge in [-0.05, 0) is 38.0 Å². The summed E-state index contributed by atoms with van der Waals surface area (Å²) < 4.78 is 37.5. The highest BCUT2D eigenvalue weighted by Crippen LogP contribution is 2.43. The first-order valence-corrected chi connectivity index (χ1v) is 5.52. The van der Waals surface area contributed by atoms with Crippen LogP contribution >= 0.6 is 0 Å².